The van der Waals surface area contributed by atoms with Crippen molar-refractivity contribution >= 4 is 11.7 Å². The van der Waals surface area contributed by atoms with Crippen molar-refractivity contribution in [2.75, 3.05) is 18.4 Å². The summed E-state index contributed by atoms with van der Waals surface area (Å²) in [5.41, 5.74) is 5.24. The van der Waals surface area contributed by atoms with Gasteiger partial charge in [-0.15, -0.1) is 0 Å². The Morgan fingerprint density at radius 3 is 2.87 bits per heavy atom. The third kappa shape index (κ3) is 2.92. The van der Waals surface area contributed by atoms with Gasteiger partial charge >= 0.3 is 5.97 Å². The molecule has 0 aromatic heterocycles. The number of anilines is 1. The van der Waals surface area contributed by atoms with E-state index in [0.717, 1.165) is 0 Å². The van der Waals surface area contributed by atoms with Crippen LogP contribution in [0.2, 0.25) is 0 Å². The quantitative estimate of drug-likeness (QED) is 0.643. The molecule has 0 atom stereocenters. The normalized spacial score (nSPS) is 10.0. The van der Waals surface area contributed by atoms with E-state index in [9.17, 15) is 9.18 Å². The molecule has 4 nitrogen and oxygen atoms in total. The maximum absolute atomic E-state index is 13.3. The predicted molar refractivity (Wildman–Crippen MR) is 55.5 cm³/mol. The summed E-state index contributed by atoms with van der Waals surface area (Å²) in [6.45, 7) is 0.932. The zero-order valence-electron chi connectivity index (χ0n) is 8.16. The van der Waals surface area contributed by atoms with Crippen LogP contribution >= 0.6 is 0 Å². The monoisotopic (exact) mass is 212 g/mol. The van der Waals surface area contributed by atoms with Crippen molar-refractivity contribution in [3.63, 3.8) is 0 Å². The van der Waals surface area contributed by atoms with E-state index in [0.29, 0.717) is 19.5 Å². The van der Waals surface area contributed by atoms with E-state index < -0.39 is 11.8 Å². The number of carboxylic acid groups (broad SMARTS) is 1. The third-order valence-electron chi connectivity index (χ3n) is 1.93. The number of para-hydroxylation sites is 1. The second kappa shape index (κ2) is 5.31. The van der Waals surface area contributed by atoms with Crippen LogP contribution in [-0.4, -0.2) is 24.2 Å². The molecule has 0 saturated carbocycles. The third-order valence-corrected chi connectivity index (χ3v) is 1.93. The van der Waals surface area contributed by atoms with Gasteiger partial charge in [-0.1, -0.05) is 6.07 Å². The average molecular weight is 212 g/mol. The first-order valence-electron chi connectivity index (χ1n) is 4.62. The highest BCUT2D eigenvalue weighted by Crippen LogP contribution is 2.19. The summed E-state index contributed by atoms with van der Waals surface area (Å²) in [5, 5.41) is 11.5. The summed E-state index contributed by atoms with van der Waals surface area (Å²) in [5.74, 6) is -1.71. The summed E-state index contributed by atoms with van der Waals surface area (Å²) in [7, 11) is 0. The number of hydrogen-bond donors (Lipinski definition) is 3. The van der Waals surface area contributed by atoms with Gasteiger partial charge in [-0.25, -0.2) is 9.18 Å². The Labute approximate surface area is 86.9 Å². The molecule has 4 N–H and O–H groups in total. The highest BCUT2D eigenvalue weighted by Gasteiger charge is 2.12. The van der Waals surface area contributed by atoms with Crippen LogP contribution in [-0.2, 0) is 0 Å². The van der Waals surface area contributed by atoms with Crippen molar-refractivity contribution in [2.24, 2.45) is 5.73 Å². The molecule has 1 rings (SSSR count). The molecule has 1 aromatic rings. The first-order chi connectivity index (χ1) is 7.16. The molecular weight excluding hydrogens is 199 g/mol. The lowest BCUT2D eigenvalue weighted by atomic mass is 10.1. The highest BCUT2D eigenvalue weighted by molar-refractivity contribution is 5.94. The molecule has 82 valence electrons. The van der Waals surface area contributed by atoms with Crippen LogP contribution in [0.5, 0.6) is 0 Å². The predicted octanol–water partition coefficient (Wildman–Crippen LogP) is 1.28. The van der Waals surface area contributed by atoms with Crippen molar-refractivity contribution in [3.05, 3.63) is 29.6 Å². The van der Waals surface area contributed by atoms with Gasteiger partial charge in [0.05, 0.1) is 11.3 Å². The Kier molecular flexibility index (Phi) is 4.05. The molecule has 0 saturated heterocycles. The molecule has 0 unspecified atom stereocenters. The van der Waals surface area contributed by atoms with E-state index in [4.69, 9.17) is 10.8 Å². The van der Waals surface area contributed by atoms with Crippen LogP contribution in [0, 0.1) is 5.82 Å². The van der Waals surface area contributed by atoms with Crippen LogP contribution < -0.4 is 11.1 Å². The number of carbonyl (C=O) groups is 1. The smallest absolute Gasteiger partial charge is 0.337 e. The van der Waals surface area contributed by atoms with E-state index in [-0.39, 0.29) is 11.3 Å². The van der Waals surface area contributed by atoms with Gasteiger partial charge in [0.15, 0.2) is 0 Å². The molecule has 0 heterocycles. The average Bonchev–Trinajstić information content (AvgIpc) is 2.20. The molecule has 0 bridgehead atoms. The molecule has 0 radical (unpaired) electrons. The minimum atomic E-state index is -1.15. The van der Waals surface area contributed by atoms with Gasteiger partial charge in [0.25, 0.3) is 0 Å². The van der Waals surface area contributed by atoms with E-state index in [1.54, 1.807) is 0 Å². The van der Waals surface area contributed by atoms with Crippen LogP contribution in [0.25, 0.3) is 0 Å². The standard InChI is InChI=1S/C10H13FN2O2/c11-8-4-1-3-7(10(14)15)9(8)13-6-2-5-12/h1,3-4,13H,2,5-6,12H2,(H,14,15). The fourth-order valence-corrected chi connectivity index (χ4v) is 1.20. The Morgan fingerprint density at radius 2 is 2.27 bits per heavy atom. The van der Waals surface area contributed by atoms with Gasteiger partial charge in [-0.2, -0.15) is 0 Å². The Hall–Kier alpha value is -1.62. The SMILES string of the molecule is NCCCNc1c(F)cccc1C(=O)O. The molecule has 0 fully saturated rings. The number of rotatable bonds is 5. The van der Waals surface area contributed by atoms with Crippen molar-refractivity contribution < 1.29 is 14.3 Å². The zero-order valence-corrected chi connectivity index (χ0v) is 8.16. The van der Waals surface area contributed by atoms with Crippen molar-refractivity contribution in [1.82, 2.24) is 0 Å². The van der Waals surface area contributed by atoms with E-state index in [1.165, 1.54) is 18.2 Å². The maximum Gasteiger partial charge on any atom is 0.337 e. The van der Waals surface area contributed by atoms with Crippen LogP contribution in [0.15, 0.2) is 18.2 Å². The maximum atomic E-state index is 13.3. The van der Waals surface area contributed by atoms with Gasteiger partial charge in [0.1, 0.15) is 5.82 Å². The Bertz CT molecular complexity index is 355. The fourth-order valence-electron chi connectivity index (χ4n) is 1.20. The largest absolute Gasteiger partial charge is 0.478 e. The summed E-state index contributed by atoms with van der Waals surface area (Å²) in [6.07, 6.45) is 0.660. The lowest BCUT2D eigenvalue weighted by Crippen LogP contribution is -2.12. The molecule has 0 aliphatic heterocycles. The van der Waals surface area contributed by atoms with Gasteiger partial charge in [-0.3, -0.25) is 0 Å². The van der Waals surface area contributed by atoms with Crippen molar-refractivity contribution in [2.45, 2.75) is 6.42 Å². The van der Waals surface area contributed by atoms with Crippen LogP contribution in [0.4, 0.5) is 10.1 Å². The number of carboxylic acids is 1. The lowest BCUT2D eigenvalue weighted by Gasteiger charge is -2.09. The van der Waals surface area contributed by atoms with Crippen LogP contribution in [0.3, 0.4) is 0 Å². The number of halogens is 1. The number of nitrogens with one attached hydrogen (secondary N) is 1. The molecule has 0 aliphatic rings. The van der Waals surface area contributed by atoms with E-state index in [1.807, 2.05) is 0 Å². The van der Waals surface area contributed by atoms with Gasteiger partial charge in [0.2, 0.25) is 0 Å². The minimum Gasteiger partial charge on any atom is -0.478 e. The molecule has 0 spiro atoms. The Morgan fingerprint density at radius 1 is 1.53 bits per heavy atom. The van der Waals surface area contributed by atoms with Crippen LogP contribution in [0.1, 0.15) is 16.8 Å². The number of nitrogens with two attached hydrogens (primary N) is 1. The molecule has 0 aliphatic carbocycles. The second-order valence-electron chi connectivity index (χ2n) is 3.04. The summed E-state index contributed by atoms with van der Waals surface area (Å²) < 4.78 is 13.3. The van der Waals surface area contributed by atoms with Gasteiger partial charge < -0.3 is 16.2 Å². The number of benzene rings is 1. The Balaban J connectivity index is 2.87. The molecule has 1 aromatic carbocycles. The molecular formula is C10H13FN2O2. The minimum absolute atomic E-state index is 0.0263. The summed E-state index contributed by atoms with van der Waals surface area (Å²) in [6, 6.07) is 3.94. The van der Waals surface area contributed by atoms with E-state index in [2.05, 4.69) is 5.32 Å². The van der Waals surface area contributed by atoms with Gasteiger partial charge in [0, 0.05) is 6.54 Å². The topological polar surface area (TPSA) is 75.3 Å². The highest BCUT2D eigenvalue weighted by atomic mass is 19.1. The van der Waals surface area contributed by atoms with Crippen molar-refractivity contribution in [1.29, 1.82) is 0 Å². The number of hydrogen-bond acceptors (Lipinski definition) is 3. The number of aromatic carboxylic acids is 1. The fraction of sp³-hybridized carbons (Fsp3) is 0.300. The first kappa shape index (κ1) is 11.5. The van der Waals surface area contributed by atoms with Gasteiger partial charge in [-0.05, 0) is 25.1 Å². The molecule has 15 heavy (non-hydrogen) atoms. The molecule has 5 heteroatoms. The summed E-state index contributed by atoms with van der Waals surface area (Å²) in [4.78, 5) is 10.8. The summed E-state index contributed by atoms with van der Waals surface area (Å²) >= 11 is 0. The second-order valence-corrected chi connectivity index (χ2v) is 3.04. The van der Waals surface area contributed by atoms with E-state index >= 15 is 0 Å². The lowest BCUT2D eigenvalue weighted by molar-refractivity contribution is 0.0697. The zero-order chi connectivity index (χ0) is 11.3. The van der Waals surface area contributed by atoms with Crippen molar-refractivity contribution in [3.8, 4) is 0 Å². The molecule has 0 amide bonds. The first-order valence-corrected chi connectivity index (χ1v) is 4.62.